The van der Waals surface area contributed by atoms with Crippen molar-refractivity contribution in [2.75, 3.05) is 0 Å². The summed E-state index contributed by atoms with van der Waals surface area (Å²) in [5.41, 5.74) is 1.78. The van der Waals surface area contributed by atoms with Gasteiger partial charge < -0.3 is 0 Å². The molecule has 1 aromatic heterocycles. The minimum Gasteiger partial charge on any atom is -0.249 e. The maximum atomic E-state index is 8.61. The number of benzene rings is 1. The highest BCUT2D eigenvalue weighted by molar-refractivity contribution is 5.85. The summed E-state index contributed by atoms with van der Waals surface area (Å²) in [6.45, 7) is 0.686. The molecule has 0 atom stereocenters. The predicted octanol–water partition coefficient (Wildman–Crippen LogP) is 1.62. The Morgan fingerprint density at radius 1 is 1.27 bits per heavy atom. The van der Waals surface area contributed by atoms with Gasteiger partial charge in [0, 0.05) is 0 Å². The first-order chi connectivity index (χ1) is 6.88. The van der Waals surface area contributed by atoms with Crippen molar-refractivity contribution in [3.63, 3.8) is 0 Å². The van der Waals surface area contributed by atoms with E-state index in [1.807, 2.05) is 12.1 Å². The van der Waals surface area contributed by atoms with Crippen molar-refractivity contribution in [3.8, 4) is 6.07 Å². The van der Waals surface area contributed by atoms with E-state index in [2.05, 4.69) is 16.2 Å². The number of rotatable bonds is 2. The van der Waals surface area contributed by atoms with Gasteiger partial charge in [0.25, 0.3) is 0 Å². The number of aromatic nitrogens is 3. The van der Waals surface area contributed by atoms with Crippen molar-refractivity contribution in [1.82, 2.24) is 14.8 Å². The van der Waals surface area contributed by atoms with Gasteiger partial charge in [-0.15, -0.1) is 12.4 Å². The lowest BCUT2D eigenvalue weighted by Crippen LogP contribution is -1.99. The Labute approximate surface area is 93.6 Å². The fourth-order valence-corrected chi connectivity index (χ4v) is 1.19. The zero-order valence-corrected chi connectivity index (χ0v) is 8.68. The molecule has 0 unspecified atom stereocenters. The SMILES string of the molecule is Cl.N#Cc1ccc(Cn2cncn2)cc1. The monoisotopic (exact) mass is 220 g/mol. The van der Waals surface area contributed by atoms with Gasteiger partial charge in [0.1, 0.15) is 12.7 Å². The minimum absolute atomic E-state index is 0. The number of halogens is 1. The van der Waals surface area contributed by atoms with E-state index in [4.69, 9.17) is 5.26 Å². The minimum atomic E-state index is 0. The van der Waals surface area contributed by atoms with E-state index in [1.165, 1.54) is 6.33 Å². The van der Waals surface area contributed by atoms with Gasteiger partial charge in [0.05, 0.1) is 18.2 Å². The number of hydrogen-bond acceptors (Lipinski definition) is 3. The van der Waals surface area contributed by atoms with E-state index in [0.717, 1.165) is 5.56 Å². The first kappa shape index (κ1) is 11.2. The molecule has 0 saturated heterocycles. The Morgan fingerprint density at radius 2 is 2.00 bits per heavy atom. The maximum Gasteiger partial charge on any atom is 0.137 e. The second-order valence-electron chi connectivity index (χ2n) is 2.90. The first-order valence-corrected chi connectivity index (χ1v) is 4.20. The lowest BCUT2D eigenvalue weighted by Gasteiger charge is -2.00. The van der Waals surface area contributed by atoms with Gasteiger partial charge in [-0.2, -0.15) is 10.4 Å². The van der Waals surface area contributed by atoms with Crippen molar-refractivity contribution in [2.45, 2.75) is 6.54 Å². The molecular formula is C10H9ClN4. The summed E-state index contributed by atoms with van der Waals surface area (Å²) in [6, 6.07) is 9.51. The van der Waals surface area contributed by atoms with Crippen LogP contribution in [0.25, 0.3) is 0 Å². The van der Waals surface area contributed by atoms with E-state index in [9.17, 15) is 0 Å². The molecule has 5 heteroatoms. The molecule has 0 fully saturated rings. The first-order valence-electron chi connectivity index (χ1n) is 4.20. The van der Waals surface area contributed by atoms with Crippen LogP contribution in [-0.2, 0) is 6.54 Å². The Kier molecular flexibility index (Phi) is 3.83. The van der Waals surface area contributed by atoms with Gasteiger partial charge in [-0.25, -0.2) is 9.67 Å². The van der Waals surface area contributed by atoms with E-state index in [0.29, 0.717) is 12.1 Å². The van der Waals surface area contributed by atoms with Crippen molar-refractivity contribution >= 4 is 12.4 Å². The largest absolute Gasteiger partial charge is 0.249 e. The molecule has 2 rings (SSSR count). The number of nitriles is 1. The van der Waals surface area contributed by atoms with E-state index in [1.54, 1.807) is 23.1 Å². The van der Waals surface area contributed by atoms with Crippen LogP contribution in [0.1, 0.15) is 11.1 Å². The predicted molar refractivity (Wildman–Crippen MR) is 57.5 cm³/mol. The average Bonchev–Trinajstić information content (AvgIpc) is 2.72. The molecule has 2 aromatic rings. The lowest BCUT2D eigenvalue weighted by atomic mass is 10.1. The van der Waals surface area contributed by atoms with Gasteiger partial charge >= 0.3 is 0 Å². The molecule has 0 spiro atoms. The van der Waals surface area contributed by atoms with E-state index in [-0.39, 0.29) is 12.4 Å². The van der Waals surface area contributed by atoms with Crippen LogP contribution in [0.5, 0.6) is 0 Å². The number of hydrogen-bond donors (Lipinski definition) is 0. The third-order valence-corrected chi connectivity index (χ3v) is 1.89. The molecule has 0 aliphatic carbocycles. The van der Waals surface area contributed by atoms with Crippen molar-refractivity contribution < 1.29 is 0 Å². The molecule has 0 aliphatic heterocycles. The number of nitrogens with zero attached hydrogens (tertiary/aromatic N) is 4. The van der Waals surface area contributed by atoms with Crippen LogP contribution >= 0.6 is 12.4 Å². The highest BCUT2D eigenvalue weighted by Gasteiger charge is 1.95. The van der Waals surface area contributed by atoms with Crippen molar-refractivity contribution in [1.29, 1.82) is 5.26 Å². The zero-order chi connectivity index (χ0) is 9.80. The lowest BCUT2D eigenvalue weighted by molar-refractivity contribution is 0.685. The normalized spacial score (nSPS) is 9.00. The highest BCUT2D eigenvalue weighted by Crippen LogP contribution is 2.04. The fourth-order valence-electron chi connectivity index (χ4n) is 1.19. The van der Waals surface area contributed by atoms with Gasteiger partial charge in [-0.05, 0) is 17.7 Å². The second kappa shape index (κ2) is 5.13. The summed E-state index contributed by atoms with van der Waals surface area (Å²) in [6.07, 6.45) is 3.17. The van der Waals surface area contributed by atoms with Crippen LogP contribution in [0, 0.1) is 11.3 Å². The molecule has 76 valence electrons. The van der Waals surface area contributed by atoms with Crippen LogP contribution < -0.4 is 0 Å². The summed E-state index contributed by atoms with van der Waals surface area (Å²) in [5.74, 6) is 0. The quantitative estimate of drug-likeness (QED) is 0.773. The Hall–Kier alpha value is -1.86. The summed E-state index contributed by atoms with van der Waals surface area (Å²) < 4.78 is 1.74. The summed E-state index contributed by atoms with van der Waals surface area (Å²) in [7, 11) is 0. The molecule has 1 aromatic carbocycles. The van der Waals surface area contributed by atoms with E-state index >= 15 is 0 Å². The second-order valence-corrected chi connectivity index (χ2v) is 2.90. The standard InChI is InChI=1S/C10H8N4.ClH/c11-5-9-1-3-10(4-2-9)6-14-8-12-7-13-14;/h1-4,7-8H,6H2;1H. The Balaban J connectivity index is 0.00000112. The molecule has 4 nitrogen and oxygen atoms in total. The van der Waals surface area contributed by atoms with Crippen LogP contribution in [0.3, 0.4) is 0 Å². The Morgan fingerprint density at radius 3 is 2.53 bits per heavy atom. The summed E-state index contributed by atoms with van der Waals surface area (Å²) in [5, 5.41) is 12.6. The van der Waals surface area contributed by atoms with Gasteiger partial charge in [0.2, 0.25) is 0 Å². The van der Waals surface area contributed by atoms with Crippen LogP contribution in [-0.4, -0.2) is 14.8 Å². The maximum absolute atomic E-state index is 8.61. The van der Waals surface area contributed by atoms with Crippen molar-refractivity contribution in [2.24, 2.45) is 0 Å². The van der Waals surface area contributed by atoms with Gasteiger partial charge in [-0.3, -0.25) is 0 Å². The molecule has 0 radical (unpaired) electrons. The molecule has 0 saturated carbocycles. The molecule has 0 N–H and O–H groups in total. The average molecular weight is 221 g/mol. The van der Waals surface area contributed by atoms with Gasteiger partial charge in [-0.1, -0.05) is 12.1 Å². The Bertz CT molecular complexity index is 441. The van der Waals surface area contributed by atoms with Crippen LogP contribution in [0.2, 0.25) is 0 Å². The summed E-state index contributed by atoms with van der Waals surface area (Å²) >= 11 is 0. The molecule has 0 amide bonds. The molecule has 0 aliphatic rings. The third-order valence-electron chi connectivity index (χ3n) is 1.89. The van der Waals surface area contributed by atoms with E-state index < -0.39 is 0 Å². The molecule has 15 heavy (non-hydrogen) atoms. The summed E-state index contributed by atoms with van der Waals surface area (Å²) in [4.78, 5) is 3.85. The molecular weight excluding hydrogens is 212 g/mol. The van der Waals surface area contributed by atoms with Crippen LogP contribution in [0.15, 0.2) is 36.9 Å². The van der Waals surface area contributed by atoms with Crippen molar-refractivity contribution in [3.05, 3.63) is 48.0 Å². The van der Waals surface area contributed by atoms with Crippen LogP contribution in [0.4, 0.5) is 0 Å². The molecule has 0 bridgehead atoms. The molecule has 1 heterocycles. The van der Waals surface area contributed by atoms with Gasteiger partial charge in [0.15, 0.2) is 0 Å². The fraction of sp³-hybridized carbons (Fsp3) is 0.100. The third kappa shape index (κ3) is 2.79. The zero-order valence-electron chi connectivity index (χ0n) is 7.87. The smallest absolute Gasteiger partial charge is 0.137 e. The highest BCUT2D eigenvalue weighted by atomic mass is 35.5. The topological polar surface area (TPSA) is 54.5 Å².